The van der Waals surface area contributed by atoms with Crippen LogP contribution in [-0.4, -0.2) is 78.9 Å². The maximum absolute atomic E-state index is 12.0. The van der Waals surface area contributed by atoms with Gasteiger partial charge in [0.15, 0.2) is 0 Å². The van der Waals surface area contributed by atoms with Crippen molar-refractivity contribution in [1.29, 1.82) is 0 Å². The molecule has 0 spiro atoms. The number of ether oxygens (including phenoxy) is 4. The van der Waals surface area contributed by atoms with E-state index in [9.17, 15) is 9.59 Å². The average Bonchev–Trinajstić information content (AvgIpc) is 2.83. The first-order valence-corrected chi connectivity index (χ1v) is 12.2. The fraction of sp³-hybridized carbons (Fsp3) is 0.520. The van der Waals surface area contributed by atoms with Crippen LogP contribution in [0.1, 0.15) is 31.9 Å². The Morgan fingerprint density at radius 2 is 1.70 bits per heavy atom. The highest BCUT2D eigenvalue weighted by atomic mass is 35.5. The van der Waals surface area contributed by atoms with Gasteiger partial charge < -0.3 is 34.9 Å². The Balaban J connectivity index is 1.53. The molecule has 0 aliphatic rings. The molecule has 0 unspecified atom stereocenters. The van der Waals surface area contributed by atoms with Crippen molar-refractivity contribution in [1.82, 2.24) is 20.2 Å². The van der Waals surface area contributed by atoms with Crippen LogP contribution in [0.25, 0.3) is 0 Å². The number of halogens is 1. The van der Waals surface area contributed by atoms with Crippen molar-refractivity contribution in [2.45, 2.75) is 39.5 Å². The molecule has 0 saturated carbocycles. The molecule has 1 aromatic heterocycles. The molecule has 12 heteroatoms. The first-order chi connectivity index (χ1) is 17.5. The smallest absolute Gasteiger partial charge is 0.248 e. The van der Waals surface area contributed by atoms with Gasteiger partial charge in [0, 0.05) is 26.2 Å². The van der Waals surface area contributed by atoms with E-state index in [0.717, 1.165) is 11.1 Å². The number of anilines is 1. The Morgan fingerprint density at radius 1 is 1.03 bits per heavy atom. The quantitative estimate of drug-likeness (QED) is 0.258. The van der Waals surface area contributed by atoms with Crippen LogP contribution in [0.4, 0.5) is 5.95 Å². The molecule has 0 aliphatic heterocycles. The van der Waals surface area contributed by atoms with E-state index in [4.69, 9.17) is 36.3 Å². The number of nitrogens with two attached hydrogens (primary N) is 1. The molecule has 2 amide bonds. The molecule has 11 nitrogen and oxygen atoms in total. The van der Waals surface area contributed by atoms with Crippen molar-refractivity contribution >= 4 is 29.4 Å². The number of rotatable bonds is 15. The number of hydrogen-bond acceptors (Lipinski definition) is 9. The summed E-state index contributed by atoms with van der Waals surface area (Å²) < 4.78 is 21.9. The first kappa shape index (κ1) is 30.2. The molecule has 204 valence electrons. The number of nitrogen functional groups attached to an aromatic ring is 1. The molecule has 1 heterocycles. The van der Waals surface area contributed by atoms with E-state index in [1.165, 1.54) is 6.07 Å². The Morgan fingerprint density at radius 3 is 2.38 bits per heavy atom. The van der Waals surface area contributed by atoms with Gasteiger partial charge in [-0.15, -0.1) is 0 Å². The number of hydrogen-bond donors (Lipinski definition) is 2. The fourth-order valence-electron chi connectivity index (χ4n) is 2.75. The van der Waals surface area contributed by atoms with E-state index < -0.39 is 0 Å². The van der Waals surface area contributed by atoms with Gasteiger partial charge in [-0.05, 0) is 31.9 Å². The summed E-state index contributed by atoms with van der Waals surface area (Å²) in [6, 6.07) is 9.06. The molecule has 2 aromatic rings. The molecule has 0 radical (unpaired) electrons. The SMILES string of the molecule is CN(CCOCCOCC(=O)NCc1ccc(COc2cc(Cl)nc(N)n2)cc1)C(=O)COC(C)(C)C. The molecule has 0 fully saturated rings. The zero-order valence-electron chi connectivity index (χ0n) is 21.8. The molecular weight excluding hydrogens is 502 g/mol. The standard InChI is InChI=1S/C25H36ClN5O6/c1-25(2,3)37-17-23(33)31(4)9-10-34-11-12-35-16-21(32)28-14-18-5-7-19(8-6-18)15-36-22-13-20(26)29-24(27)30-22/h5-8,13H,9-12,14-17H2,1-4H3,(H,28,32)(H2,27,29,30). The van der Waals surface area contributed by atoms with Crippen molar-refractivity contribution in [2.75, 3.05) is 52.4 Å². The van der Waals surface area contributed by atoms with Gasteiger partial charge in [-0.3, -0.25) is 9.59 Å². The highest BCUT2D eigenvalue weighted by molar-refractivity contribution is 6.29. The second-order valence-corrected chi connectivity index (χ2v) is 9.54. The summed E-state index contributed by atoms with van der Waals surface area (Å²) in [5.74, 6) is 0.00913. The van der Waals surface area contributed by atoms with Crippen molar-refractivity contribution in [3.05, 3.63) is 46.6 Å². The monoisotopic (exact) mass is 537 g/mol. The van der Waals surface area contributed by atoms with E-state index in [1.807, 2.05) is 45.0 Å². The van der Waals surface area contributed by atoms with Gasteiger partial charge in [0.2, 0.25) is 23.6 Å². The van der Waals surface area contributed by atoms with E-state index in [-0.39, 0.29) is 54.9 Å². The second-order valence-electron chi connectivity index (χ2n) is 9.15. The minimum atomic E-state index is -0.359. The van der Waals surface area contributed by atoms with Crippen molar-refractivity contribution in [2.24, 2.45) is 0 Å². The van der Waals surface area contributed by atoms with Gasteiger partial charge in [0.25, 0.3) is 0 Å². The predicted molar refractivity (Wildman–Crippen MR) is 139 cm³/mol. The number of amides is 2. The molecule has 0 bridgehead atoms. The van der Waals surface area contributed by atoms with Crippen LogP contribution in [0.5, 0.6) is 5.88 Å². The molecule has 37 heavy (non-hydrogen) atoms. The van der Waals surface area contributed by atoms with Crippen LogP contribution in [-0.2, 0) is 37.0 Å². The van der Waals surface area contributed by atoms with Crippen LogP contribution in [0, 0.1) is 0 Å². The number of aromatic nitrogens is 2. The third-order valence-corrected chi connectivity index (χ3v) is 5.01. The lowest BCUT2D eigenvalue weighted by molar-refractivity contribution is -0.140. The van der Waals surface area contributed by atoms with Gasteiger partial charge >= 0.3 is 0 Å². The predicted octanol–water partition coefficient (Wildman–Crippen LogP) is 2.21. The van der Waals surface area contributed by atoms with Crippen LogP contribution in [0.3, 0.4) is 0 Å². The summed E-state index contributed by atoms with van der Waals surface area (Å²) in [5, 5.41) is 3.02. The number of nitrogens with zero attached hydrogens (tertiary/aromatic N) is 3. The highest BCUT2D eigenvalue weighted by Crippen LogP contribution is 2.16. The Kier molecular flexibility index (Phi) is 12.5. The maximum Gasteiger partial charge on any atom is 0.248 e. The van der Waals surface area contributed by atoms with Crippen LogP contribution >= 0.6 is 11.6 Å². The average molecular weight is 538 g/mol. The van der Waals surface area contributed by atoms with Gasteiger partial charge in [0.1, 0.15) is 25.0 Å². The minimum absolute atomic E-state index is 0.0342. The Labute approximate surface area is 222 Å². The summed E-state index contributed by atoms with van der Waals surface area (Å²) in [7, 11) is 1.70. The molecule has 2 rings (SSSR count). The summed E-state index contributed by atoms with van der Waals surface area (Å²) in [5.41, 5.74) is 7.04. The zero-order valence-corrected chi connectivity index (χ0v) is 22.5. The second kappa shape index (κ2) is 15.3. The zero-order chi connectivity index (χ0) is 27.3. The lowest BCUT2D eigenvalue weighted by atomic mass is 10.1. The summed E-state index contributed by atoms with van der Waals surface area (Å²) in [6.45, 7) is 7.74. The van der Waals surface area contributed by atoms with Crippen LogP contribution in [0.2, 0.25) is 5.15 Å². The third-order valence-electron chi connectivity index (χ3n) is 4.82. The first-order valence-electron chi connectivity index (χ1n) is 11.8. The number of carbonyl (C=O) groups is 2. The third kappa shape index (κ3) is 13.2. The van der Waals surface area contributed by atoms with Gasteiger partial charge in [-0.2, -0.15) is 4.98 Å². The maximum atomic E-state index is 12.0. The topological polar surface area (TPSA) is 138 Å². The molecule has 1 aromatic carbocycles. The lowest BCUT2D eigenvalue weighted by Gasteiger charge is -2.22. The lowest BCUT2D eigenvalue weighted by Crippen LogP contribution is -2.35. The summed E-state index contributed by atoms with van der Waals surface area (Å²) in [4.78, 5) is 33.3. The largest absolute Gasteiger partial charge is 0.473 e. The summed E-state index contributed by atoms with van der Waals surface area (Å²) in [6.07, 6.45) is 0. The van der Waals surface area contributed by atoms with Gasteiger partial charge in [-0.25, -0.2) is 4.98 Å². The molecule has 0 atom stereocenters. The molecule has 0 aliphatic carbocycles. The molecular formula is C25H36ClN5O6. The normalized spacial score (nSPS) is 11.3. The Bertz CT molecular complexity index is 980. The number of nitrogens with one attached hydrogen (secondary N) is 1. The number of benzene rings is 1. The highest BCUT2D eigenvalue weighted by Gasteiger charge is 2.15. The van der Waals surface area contributed by atoms with E-state index >= 15 is 0 Å². The van der Waals surface area contributed by atoms with Crippen molar-refractivity contribution < 1.29 is 28.5 Å². The van der Waals surface area contributed by atoms with Crippen LogP contribution in [0.15, 0.2) is 30.3 Å². The van der Waals surface area contributed by atoms with E-state index in [2.05, 4.69) is 15.3 Å². The van der Waals surface area contributed by atoms with Gasteiger partial charge in [-0.1, -0.05) is 35.9 Å². The number of carbonyl (C=O) groups excluding carboxylic acids is 2. The van der Waals surface area contributed by atoms with Crippen molar-refractivity contribution in [3.8, 4) is 5.88 Å². The number of likely N-dealkylation sites (N-methyl/N-ethyl adjacent to an activating group) is 1. The fourth-order valence-corrected chi connectivity index (χ4v) is 2.93. The minimum Gasteiger partial charge on any atom is -0.473 e. The van der Waals surface area contributed by atoms with Crippen LogP contribution < -0.4 is 15.8 Å². The van der Waals surface area contributed by atoms with E-state index in [1.54, 1.807) is 11.9 Å². The molecule has 0 saturated heterocycles. The molecule has 3 N–H and O–H groups in total. The van der Waals surface area contributed by atoms with E-state index in [0.29, 0.717) is 32.2 Å². The Hall–Kier alpha value is -2.99. The summed E-state index contributed by atoms with van der Waals surface area (Å²) >= 11 is 5.84. The van der Waals surface area contributed by atoms with Crippen molar-refractivity contribution in [3.63, 3.8) is 0 Å². The van der Waals surface area contributed by atoms with Gasteiger partial charge in [0.05, 0.1) is 25.4 Å².